The lowest BCUT2D eigenvalue weighted by atomic mass is 9.97. The Kier molecular flexibility index (Phi) is 10.8. The maximum absolute atomic E-state index is 10.9. The number of unbranched alkanes of at least 4 members (excludes halogenated alkanes) is 2. The van der Waals surface area contributed by atoms with Gasteiger partial charge < -0.3 is 4.74 Å². The number of hydrogen-bond acceptors (Lipinski definition) is 2. The number of ether oxygens (including phenoxy) is 1. The first-order valence-electron chi connectivity index (χ1n) is 7.33. The molecule has 0 aliphatic heterocycles. The second kappa shape index (κ2) is 11.3. The van der Waals surface area contributed by atoms with Crippen LogP contribution in [0.1, 0.15) is 71.6 Å². The highest BCUT2D eigenvalue weighted by atomic mass is 16.5. The minimum atomic E-state index is -0.0950. The number of carbonyl (C=O) groups is 1. The van der Waals surface area contributed by atoms with Gasteiger partial charge in [0.1, 0.15) is 0 Å². The summed E-state index contributed by atoms with van der Waals surface area (Å²) in [5.41, 5.74) is 1.37. The molecule has 0 radical (unpaired) electrons. The first-order chi connectivity index (χ1) is 8.60. The number of methoxy groups -OCH3 is 1. The van der Waals surface area contributed by atoms with Crippen LogP contribution in [0.25, 0.3) is 0 Å². The molecule has 0 spiro atoms. The molecule has 2 heteroatoms. The zero-order valence-electron chi connectivity index (χ0n) is 12.5. The van der Waals surface area contributed by atoms with Gasteiger partial charge in [-0.2, -0.15) is 0 Å². The Balaban J connectivity index is 3.34. The summed E-state index contributed by atoms with van der Waals surface area (Å²) in [7, 11) is 1.45. The topological polar surface area (TPSA) is 26.3 Å². The van der Waals surface area contributed by atoms with Gasteiger partial charge in [-0.25, -0.2) is 0 Å². The van der Waals surface area contributed by atoms with E-state index in [9.17, 15) is 4.79 Å². The summed E-state index contributed by atoms with van der Waals surface area (Å²) in [5.74, 6) is 0.750. The smallest absolute Gasteiger partial charge is 0.305 e. The molecular weight excluding hydrogens is 224 g/mol. The van der Waals surface area contributed by atoms with Crippen LogP contribution in [0.5, 0.6) is 0 Å². The molecule has 1 unspecified atom stereocenters. The quantitative estimate of drug-likeness (QED) is 0.298. The summed E-state index contributed by atoms with van der Waals surface area (Å²) in [5, 5.41) is 0. The van der Waals surface area contributed by atoms with E-state index in [0.29, 0.717) is 6.42 Å². The van der Waals surface area contributed by atoms with E-state index in [1.165, 1.54) is 38.4 Å². The number of carbonyl (C=O) groups excluding carboxylic acids is 1. The molecule has 0 aliphatic carbocycles. The van der Waals surface area contributed by atoms with Crippen molar-refractivity contribution in [2.45, 2.75) is 71.6 Å². The van der Waals surface area contributed by atoms with Crippen LogP contribution >= 0.6 is 0 Å². The number of hydrogen-bond donors (Lipinski definition) is 0. The fourth-order valence-electron chi connectivity index (χ4n) is 1.95. The predicted molar refractivity (Wildman–Crippen MR) is 77.5 cm³/mol. The first kappa shape index (κ1) is 17.2. The van der Waals surface area contributed by atoms with Gasteiger partial charge in [0.05, 0.1) is 7.11 Å². The van der Waals surface area contributed by atoms with E-state index in [2.05, 4.69) is 25.2 Å². The molecule has 0 rings (SSSR count). The van der Waals surface area contributed by atoms with E-state index in [0.717, 1.165) is 31.6 Å². The van der Waals surface area contributed by atoms with Gasteiger partial charge in [0, 0.05) is 6.42 Å². The number of allylic oxidation sites excluding steroid dienone is 1. The largest absolute Gasteiger partial charge is 0.469 e. The highest BCUT2D eigenvalue weighted by molar-refractivity contribution is 5.68. The maximum Gasteiger partial charge on any atom is 0.305 e. The van der Waals surface area contributed by atoms with E-state index in [4.69, 9.17) is 0 Å². The molecule has 0 N–H and O–H groups in total. The van der Waals surface area contributed by atoms with E-state index < -0.39 is 0 Å². The second-order valence-electron chi connectivity index (χ2n) is 5.29. The summed E-state index contributed by atoms with van der Waals surface area (Å²) in [6.07, 6.45) is 9.89. The fraction of sp³-hybridized carbons (Fsp3) is 0.812. The lowest BCUT2D eigenvalue weighted by Gasteiger charge is -2.09. The van der Waals surface area contributed by atoms with Crippen molar-refractivity contribution in [3.05, 3.63) is 12.2 Å². The van der Waals surface area contributed by atoms with Gasteiger partial charge in [0.15, 0.2) is 0 Å². The van der Waals surface area contributed by atoms with Crippen LogP contribution in [-0.2, 0) is 9.53 Å². The van der Waals surface area contributed by atoms with E-state index in [1.54, 1.807) is 0 Å². The van der Waals surface area contributed by atoms with Gasteiger partial charge in [-0.3, -0.25) is 4.79 Å². The number of esters is 1. The molecule has 0 fully saturated rings. The molecule has 106 valence electrons. The third-order valence-corrected chi connectivity index (χ3v) is 3.56. The zero-order chi connectivity index (χ0) is 13.8. The first-order valence-corrected chi connectivity index (χ1v) is 7.33. The molecule has 2 nitrogen and oxygen atoms in total. The monoisotopic (exact) mass is 254 g/mol. The van der Waals surface area contributed by atoms with Gasteiger partial charge in [-0.05, 0) is 38.0 Å². The molecule has 0 amide bonds. The molecule has 0 aromatic heterocycles. The molecule has 1 atom stereocenters. The molecule has 0 saturated carbocycles. The van der Waals surface area contributed by atoms with Crippen molar-refractivity contribution in [1.82, 2.24) is 0 Å². The molecule has 18 heavy (non-hydrogen) atoms. The van der Waals surface area contributed by atoms with Gasteiger partial charge in [0.25, 0.3) is 0 Å². The number of rotatable bonds is 11. The minimum absolute atomic E-state index is 0.0950. The Bertz CT molecular complexity index is 233. The van der Waals surface area contributed by atoms with Crippen LogP contribution in [0, 0.1) is 5.92 Å². The van der Waals surface area contributed by atoms with Crippen molar-refractivity contribution in [1.29, 1.82) is 0 Å². The average molecular weight is 254 g/mol. The van der Waals surface area contributed by atoms with Crippen molar-refractivity contribution in [3.8, 4) is 0 Å². The Morgan fingerprint density at radius 1 is 1.11 bits per heavy atom. The van der Waals surface area contributed by atoms with Crippen LogP contribution in [0.15, 0.2) is 12.2 Å². The van der Waals surface area contributed by atoms with E-state index in [1.807, 2.05) is 0 Å². The predicted octanol–water partition coefficient (Wildman–Crippen LogP) is 4.88. The summed E-state index contributed by atoms with van der Waals surface area (Å²) >= 11 is 0. The lowest BCUT2D eigenvalue weighted by molar-refractivity contribution is -0.140. The zero-order valence-corrected chi connectivity index (χ0v) is 12.5. The van der Waals surface area contributed by atoms with Gasteiger partial charge in [-0.1, -0.05) is 45.3 Å². The van der Waals surface area contributed by atoms with Crippen molar-refractivity contribution < 1.29 is 9.53 Å². The van der Waals surface area contributed by atoms with Gasteiger partial charge >= 0.3 is 5.97 Å². The lowest BCUT2D eigenvalue weighted by Crippen LogP contribution is -1.99. The van der Waals surface area contributed by atoms with Crippen LogP contribution in [0.3, 0.4) is 0 Å². The standard InChI is InChI=1S/C16H30O2/c1-5-14(2)11-9-12-15(3)10-7-6-8-13-16(17)18-4/h14H,3,5-13H2,1-2,4H3. The Labute approximate surface area is 113 Å². The summed E-state index contributed by atoms with van der Waals surface area (Å²) in [6, 6.07) is 0. The molecule has 0 aromatic carbocycles. The van der Waals surface area contributed by atoms with Crippen molar-refractivity contribution in [3.63, 3.8) is 0 Å². The van der Waals surface area contributed by atoms with Crippen LogP contribution in [-0.4, -0.2) is 13.1 Å². The van der Waals surface area contributed by atoms with Crippen LogP contribution in [0.4, 0.5) is 0 Å². The Morgan fingerprint density at radius 2 is 1.72 bits per heavy atom. The fourth-order valence-corrected chi connectivity index (χ4v) is 1.95. The average Bonchev–Trinajstić information content (AvgIpc) is 2.37. The van der Waals surface area contributed by atoms with Crippen LogP contribution in [0.2, 0.25) is 0 Å². The van der Waals surface area contributed by atoms with Crippen molar-refractivity contribution in [2.24, 2.45) is 5.92 Å². The Hall–Kier alpha value is -0.790. The third kappa shape index (κ3) is 10.4. The molecule has 0 bridgehead atoms. The van der Waals surface area contributed by atoms with Crippen LogP contribution < -0.4 is 0 Å². The molecular formula is C16H30O2. The molecule has 0 aliphatic rings. The normalized spacial score (nSPS) is 12.2. The van der Waals surface area contributed by atoms with Crippen molar-refractivity contribution >= 4 is 5.97 Å². The van der Waals surface area contributed by atoms with Gasteiger partial charge in [0.2, 0.25) is 0 Å². The van der Waals surface area contributed by atoms with E-state index >= 15 is 0 Å². The third-order valence-electron chi connectivity index (χ3n) is 3.56. The SMILES string of the molecule is C=C(CCCCCC(=O)OC)CCCC(C)CC. The maximum atomic E-state index is 10.9. The van der Waals surface area contributed by atoms with Crippen molar-refractivity contribution in [2.75, 3.05) is 7.11 Å². The minimum Gasteiger partial charge on any atom is -0.469 e. The highest BCUT2D eigenvalue weighted by Gasteiger charge is 2.02. The summed E-state index contributed by atoms with van der Waals surface area (Å²) in [4.78, 5) is 10.9. The summed E-state index contributed by atoms with van der Waals surface area (Å²) < 4.78 is 4.61. The Morgan fingerprint density at radius 3 is 2.33 bits per heavy atom. The molecule has 0 aromatic rings. The van der Waals surface area contributed by atoms with E-state index in [-0.39, 0.29) is 5.97 Å². The molecule has 0 saturated heterocycles. The molecule has 0 heterocycles. The summed E-state index contributed by atoms with van der Waals surface area (Å²) in [6.45, 7) is 8.70. The highest BCUT2D eigenvalue weighted by Crippen LogP contribution is 2.17. The second-order valence-corrected chi connectivity index (χ2v) is 5.29. The van der Waals surface area contributed by atoms with Gasteiger partial charge in [-0.15, -0.1) is 0 Å².